The molecule has 0 unspecified atom stereocenters. The van der Waals surface area contributed by atoms with Gasteiger partial charge in [-0.05, 0) is 45.0 Å². The van der Waals surface area contributed by atoms with Crippen LogP contribution in [0.3, 0.4) is 0 Å². The number of fused-ring (bicyclic) bond motifs is 1. The summed E-state index contributed by atoms with van der Waals surface area (Å²) in [6.07, 6.45) is 1.23. The number of hydrogen-bond donors (Lipinski definition) is 1. The summed E-state index contributed by atoms with van der Waals surface area (Å²) < 4.78 is 64.5. The van der Waals surface area contributed by atoms with Gasteiger partial charge in [0.05, 0.1) is 11.3 Å². The molecule has 36 heavy (non-hydrogen) atoms. The summed E-state index contributed by atoms with van der Waals surface area (Å²) in [7, 11) is -3.72. The van der Waals surface area contributed by atoms with E-state index < -0.39 is 34.0 Å². The molecule has 0 atom stereocenters. The summed E-state index contributed by atoms with van der Waals surface area (Å²) in [6.45, 7) is 5.30. The molecule has 3 heterocycles. The number of pyridine rings is 1. The number of alkyl halides is 2. The molecular weight excluding hydrogens is 496 g/mol. The molecule has 0 saturated heterocycles. The Morgan fingerprint density at radius 1 is 1.14 bits per heavy atom. The minimum Gasteiger partial charge on any atom is -0.443 e. The van der Waals surface area contributed by atoms with Gasteiger partial charge in [-0.3, -0.25) is 14.3 Å². The first-order valence-corrected chi connectivity index (χ1v) is 12.5. The Morgan fingerprint density at radius 2 is 1.89 bits per heavy atom. The van der Waals surface area contributed by atoms with Crippen LogP contribution in [0.25, 0.3) is 22.2 Å². The maximum absolute atomic E-state index is 12.6. The molecule has 3 aromatic heterocycles. The molecule has 0 spiro atoms. The van der Waals surface area contributed by atoms with Gasteiger partial charge in [-0.1, -0.05) is 6.07 Å². The number of hydrogen-bond acceptors (Lipinski definition) is 8. The molecule has 1 N–H and O–H groups in total. The third-order valence-corrected chi connectivity index (χ3v) is 6.14. The molecule has 0 aliphatic rings. The normalized spacial score (nSPS) is 12.3. The summed E-state index contributed by atoms with van der Waals surface area (Å²) in [5.41, 5.74) is 0.515. The molecule has 0 radical (unpaired) electrons. The minimum atomic E-state index is -3.72. The lowest BCUT2D eigenvalue weighted by molar-refractivity contribution is 0.0537. The smallest absolute Gasteiger partial charge is 0.418 e. The molecule has 0 bridgehead atoms. The summed E-state index contributed by atoms with van der Waals surface area (Å²) in [5.74, 6) is -1.13. The van der Waals surface area contributed by atoms with Gasteiger partial charge in [-0.2, -0.15) is 8.78 Å². The van der Waals surface area contributed by atoms with Gasteiger partial charge in [0.15, 0.2) is 0 Å². The monoisotopic (exact) mass is 519 g/mol. The van der Waals surface area contributed by atoms with Crippen molar-refractivity contribution in [1.82, 2.24) is 19.7 Å². The van der Waals surface area contributed by atoms with Gasteiger partial charge in [0.1, 0.15) is 5.60 Å². The summed E-state index contributed by atoms with van der Waals surface area (Å²) in [4.78, 5) is 16.4. The number of ether oxygens (including phenoxy) is 1. The number of aryl methyl sites for hydroxylation is 1. The van der Waals surface area contributed by atoms with Gasteiger partial charge >= 0.3 is 12.5 Å². The first-order valence-electron chi connectivity index (χ1n) is 10.8. The molecule has 1 aromatic carbocycles. The second-order valence-corrected chi connectivity index (χ2v) is 10.8. The number of sulfonamides is 1. The van der Waals surface area contributed by atoms with Crippen molar-refractivity contribution in [2.45, 2.75) is 39.2 Å². The first-order chi connectivity index (χ1) is 16.9. The number of nitrogens with one attached hydrogen (secondary N) is 1. The van der Waals surface area contributed by atoms with E-state index in [4.69, 9.17) is 9.15 Å². The van der Waals surface area contributed by atoms with E-state index in [1.807, 2.05) is 0 Å². The zero-order chi connectivity index (χ0) is 26.1. The third-order valence-electron chi connectivity index (χ3n) is 4.85. The van der Waals surface area contributed by atoms with Crippen molar-refractivity contribution in [3.05, 3.63) is 60.5 Å². The summed E-state index contributed by atoms with van der Waals surface area (Å²) >= 11 is 0. The molecular formula is C23H23F2N5O5S. The molecule has 13 heteroatoms. The zero-order valence-corrected chi connectivity index (χ0v) is 20.4. The number of nitrogens with zero attached hydrogens (tertiary/aromatic N) is 4. The highest BCUT2D eigenvalue weighted by atomic mass is 32.2. The number of halogens is 2. The quantitative estimate of drug-likeness (QED) is 0.369. The number of carbonyl (C=O) groups is 1. The number of benzene rings is 1. The molecule has 10 nitrogen and oxygen atoms in total. The lowest BCUT2D eigenvalue weighted by Gasteiger charge is -2.19. The molecule has 4 rings (SSSR count). The maximum atomic E-state index is 12.6. The van der Waals surface area contributed by atoms with Crippen LogP contribution in [0.15, 0.2) is 53.3 Å². The Morgan fingerprint density at radius 3 is 2.53 bits per heavy atom. The third kappa shape index (κ3) is 6.22. The van der Waals surface area contributed by atoms with Crippen molar-refractivity contribution >= 4 is 32.6 Å². The predicted molar refractivity (Wildman–Crippen MR) is 127 cm³/mol. The molecule has 0 aliphatic heterocycles. The highest BCUT2D eigenvalue weighted by Crippen LogP contribution is 2.24. The van der Waals surface area contributed by atoms with Crippen molar-refractivity contribution in [2.24, 2.45) is 0 Å². The molecule has 0 fully saturated rings. The van der Waals surface area contributed by atoms with E-state index in [1.54, 1.807) is 57.4 Å². The van der Waals surface area contributed by atoms with Gasteiger partial charge < -0.3 is 9.15 Å². The largest absolute Gasteiger partial charge is 0.443 e. The van der Waals surface area contributed by atoms with Gasteiger partial charge in [0.25, 0.3) is 5.89 Å². The fraction of sp³-hybridized carbons (Fsp3) is 0.304. The fourth-order valence-corrected chi connectivity index (χ4v) is 4.30. The number of aromatic nitrogens is 4. The molecule has 0 aliphatic carbocycles. The van der Waals surface area contributed by atoms with E-state index in [-0.39, 0.29) is 18.1 Å². The average Bonchev–Trinajstić information content (AvgIpc) is 3.44. The van der Waals surface area contributed by atoms with Crippen LogP contribution in [-0.4, -0.2) is 45.6 Å². The Balaban J connectivity index is 1.39. The second kappa shape index (κ2) is 9.64. The van der Waals surface area contributed by atoms with Gasteiger partial charge in [-0.25, -0.2) is 13.2 Å². The number of rotatable bonds is 7. The second-order valence-electron chi connectivity index (χ2n) is 8.94. The van der Waals surface area contributed by atoms with E-state index in [0.717, 1.165) is 5.39 Å². The van der Waals surface area contributed by atoms with Crippen molar-refractivity contribution in [3.8, 4) is 11.5 Å². The van der Waals surface area contributed by atoms with Gasteiger partial charge in [-0.15, -0.1) is 10.2 Å². The first kappa shape index (κ1) is 25.2. The maximum Gasteiger partial charge on any atom is 0.418 e. The Hall–Kier alpha value is -3.87. The van der Waals surface area contributed by atoms with E-state index in [1.165, 1.54) is 16.8 Å². The summed E-state index contributed by atoms with van der Waals surface area (Å²) in [5, 5.41) is 8.21. The standard InChI is InChI=1S/C23H23F2N5O5S/c1-23(2,3)35-22(31)30-12-15-5-7-18(10-16(15)13-30)29-36(32,33)9-8-17-6-4-14(11-26-17)20-27-28-21(34-20)19(24)25/h4-7,10-13,19,29H,8-9H2,1-3H3. The fourth-order valence-electron chi connectivity index (χ4n) is 3.23. The van der Waals surface area contributed by atoms with Crippen LogP contribution in [0.1, 0.15) is 38.8 Å². The van der Waals surface area contributed by atoms with E-state index in [0.29, 0.717) is 22.3 Å². The van der Waals surface area contributed by atoms with Crippen molar-refractivity contribution < 1.29 is 31.1 Å². The predicted octanol–water partition coefficient (Wildman–Crippen LogP) is 4.79. The molecule has 190 valence electrons. The lowest BCUT2D eigenvalue weighted by Crippen LogP contribution is -2.26. The lowest BCUT2D eigenvalue weighted by atomic mass is 10.2. The molecule has 0 amide bonds. The topological polar surface area (TPSA) is 129 Å². The number of anilines is 1. The van der Waals surface area contributed by atoms with Crippen molar-refractivity contribution in [1.29, 1.82) is 0 Å². The van der Waals surface area contributed by atoms with Crippen LogP contribution < -0.4 is 4.72 Å². The highest BCUT2D eigenvalue weighted by Gasteiger charge is 2.19. The zero-order valence-electron chi connectivity index (χ0n) is 19.6. The SMILES string of the molecule is CC(C)(C)OC(=O)n1cc2ccc(NS(=O)(=O)CCc3ccc(-c4nnc(C(F)F)o4)cn3)cc2c1. The van der Waals surface area contributed by atoms with Crippen molar-refractivity contribution in [2.75, 3.05) is 10.5 Å². The van der Waals surface area contributed by atoms with E-state index in [2.05, 4.69) is 19.9 Å². The number of carbonyl (C=O) groups excluding carboxylic acids is 1. The Kier molecular flexibility index (Phi) is 6.76. The van der Waals surface area contributed by atoms with Crippen molar-refractivity contribution in [3.63, 3.8) is 0 Å². The van der Waals surface area contributed by atoms with E-state index in [9.17, 15) is 22.0 Å². The van der Waals surface area contributed by atoms with Crippen LogP contribution in [0.2, 0.25) is 0 Å². The highest BCUT2D eigenvalue weighted by molar-refractivity contribution is 7.92. The van der Waals surface area contributed by atoms with Crippen LogP contribution in [-0.2, 0) is 21.2 Å². The Bertz CT molecular complexity index is 1490. The van der Waals surface area contributed by atoms with E-state index >= 15 is 0 Å². The molecule has 4 aromatic rings. The molecule has 0 saturated carbocycles. The van der Waals surface area contributed by atoms with Gasteiger partial charge in [0, 0.05) is 47.2 Å². The van der Waals surface area contributed by atoms with Gasteiger partial charge in [0.2, 0.25) is 15.9 Å². The van der Waals surface area contributed by atoms with Crippen LogP contribution in [0.5, 0.6) is 0 Å². The summed E-state index contributed by atoms with van der Waals surface area (Å²) in [6, 6.07) is 8.02. The minimum absolute atomic E-state index is 0.102. The van der Waals surface area contributed by atoms with Crippen LogP contribution >= 0.6 is 0 Å². The van der Waals surface area contributed by atoms with Crippen LogP contribution in [0.4, 0.5) is 19.3 Å². The Labute approximate surface area is 205 Å². The van der Waals surface area contributed by atoms with Crippen LogP contribution in [0, 0.1) is 0 Å². The average molecular weight is 520 g/mol.